The summed E-state index contributed by atoms with van der Waals surface area (Å²) in [5.41, 5.74) is 3.85. The minimum absolute atomic E-state index is 0.275. The number of carbonyl (C=O) groups excluding carboxylic acids is 1. The molecule has 4 saturated carbocycles. The summed E-state index contributed by atoms with van der Waals surface area (Å²) in [5, 5.41) is 0.275. The normalized spacial score (nSPS) is 44.7. The predicted molar refractivity (Wildman–Crippen MR) is 117 cm³/mol. The molecule has 4 fully saturated rings. The van der Waals surface area contributed by atoms with Crippen LogP contribution in [0.3, 0.4) is 0 Å². The summed E-state index contributed by atoms with van der Waals surface area (Å²) in [6, 6.07) is 0. The van der Waals surface area contributed by atoms with Gasteiger partial charge in [0, 0.05) is 11.8 Å². The molecule has 0 aromatic rings. The highest BCUT2D eigenvalue weighted by molar-refractivity contribution is 6.74. The third-order valence-electron chi connectivity index (χ3n) is 10.0. The Hall–Kier alpha value is -0.673. The molecule has 0 heterocycles. The quantitative estimate of drug-likeness (QED) is 0.395. The van der Waals surface area contributed by atoms with Crippen LogP contribution in [0, 0.1) is 28.6 Å². The highest BCUT2D eigenvalue weighted by Gasteiger charge is 2.64. The van der Waals surface area contributed by atoms with Crippen molar-refractivity contribution in [3.05, 3.63) is 23.3 Å². The first kappa shape index (κ1) is 19.3. The molecule has 154 valence electrons. The van der Waals surface area contributed by atoms with Crippen molar-refractivity contribution in [2.24, 2.45) is 28.6 Å². The van der Waals surface area contributed by atoms with Crippen LogP contribution < -0.4 is 0 Å². The van der Waals surface area contributed by atoms with Crippen molar-refractivity contribution >= 4 is 14.1 Å². The Labute approximate surface area is 172 Å². The first-order chi connectivity index (χ1) is 13.0. The van der Waals surface area contributed by atoms with Gasteiger partial charge in [-0.05, 0) is 85.9 Å². The van der Waals surface area contributed by atoms with Gasteiger partial charge < -0.3 is 4.43 Å². The van der Waals surface area contributed by atoms with E-state index in [1.54, 1.807) is 5.57 Å². The third-order valence-corrected chi connectivity index (χ3v) is 14.5. The van der Waals surface area contributed by atoms with E-state index in [0.717, 1.165) is 24.7 Å². The second kappa shape index (κ2) is 5.72. The lowest BCUT2D eigenvalue weighted by molar-refractivity contribution is -0.117. The molecule has 1 spiro atoms. The van der Waals surface area contributed by atoms with Crippen molar-refractivity contribution in [2.75, 3.05) is 0 Å². The zero-order valence-corrected chi connectivity index (χ0v) is 19.7. The standard InChI is InChI=1S/C25H38O2Si/c1-23(2,3)28(5,6)27-22-8-7-19-18-13-16-15-25(12-9-17(26)14-21(16)25)20(18)10-11-24(19,22)4/h10,14,16,18-19,22H,7-9,11-13,15H2,1-6H3/t16-,18?,19?,22+,24+,25+/m1/s1. The summed E-state index contributed by atoms with van der Waals surface area (Å²) in [5.74, 6) is 2.59. The van der Waals surface area contributed by atoms with Gasteiger partial charge in [0.1, 0.15) is 0 Å². The monoisotopic (exact) mass is 398 g/mol. The Balaban J connectivity index is 1.45. The highest BCUT2D eigenvalue weighted by Crippen LogP contribution is 2.72. The fourth-order valence-electron chi connectivity index (χ4n) is 7.38. The lowest BCUT2D eigenvalue weighted by Crippen LogP contribution is -2.56. The van der Waals surface area contributed by atoms with Crippen LogP contribution in [-0.4, -0.2) is 20.2 Å². The largest absolute Gasteiger partial charge is 0.413 e. The number of allylic oxidation sites excluding steroid dienone is 4. The third kappa shape index (κ3) is 2.38. The maximum absolute atomic E-state index is 12.0. The van der Waals surface area contributed by atoms with Crippen molar-refractivity contribution in [2.45, 2.75) is 96.9 Å². The molecule has 2 nitrogen and oxygen atoms in total. The van der Waals surface area contributed by atoms with Crippen LogP contribution >= 0.6 is 0 Å². The van der Waals surface area contributed by atoms with E-state index >= 15 is 0 Å². The molecule has 6 rings (SSSR count). The summed E-state index contributed by atoms with van der Waals surface area (Å²) in [4.78, 5) is 12.0. The molecule has 0 saturated heterocycles. The Morgan fingerprint density at radius 3 is 2.64 bits per heavy atom. The van der Waals surface area contributed by atoms with Gasteiger partial charge in [-0.25, -0.2) is 0 Å². The van der Waals surface area contributed by atoms with Crippen molar-refractivity contribution < 1.29 is 9.22 Å². The van der Waals surface area contributed by atoms with E-state index in [1.807, 2.05) is 6.08 Å². The van der Waals surface area contributed by atoms with Crippen molar-refractivity contribution in [1.82, 2.24) is 0 Å². The molecule has 3 heteroatoms. The van der Waals surface area contributed by atoms with Crippen LogP contribution in [0.2, 0.25) is 18.1 Å². The molecule has 2 bridgehead atoms. The predicted octanol–water partition coefficient (Wildman–Crippen LogP) is 6.44. The molecule has 6 atom stereocenters. The van der Waals surface area contributed by atoms with Crippen molar-refractivity contribution in [3.63, 3.8) is 0 Å². The van der Waals surface area contributed by atoms with Crippen LogP contribution in [-0.2, 0) is 9.22 Å². The van der Waals surface area contributed by atoms with Gasteiger partial charge in [0.25, 0.3) is 0 Å². The molecule has 0 amide bonds. The van der Waals surface area contributed by atoms with Crippen molar-refractivity contribution in [3.8, 4) is 0 Å². The lowest BCUT2D eigenvalue weighted by atomic mass is 9.40. The van der Waals surface area contributed by atoms with Crippen LogP contribution in [0.4, 0.5) is 0 Å². The number of carbonyl (C=O) groups is 1. The summed E-state index contributed by atoms with van der Waals surface area (Å²) in [6.45, 7) is 14.4. The number of fused-ring (bicyclic) bond motifs is 1. The van der Waals surface area contributed by atoms with Crippen molar-refractivity contribution in [1.29, 1.82) is 0 Å². The van der Waals surface area contributed by atoms with Gasteiger partial charge in [-0.3, -0.25) is 4.79 Å². The van der Waals surface area contributed by atoms with Gasteiger partial charge in [-0.2, -0.15) is 0 Å². The molecule has 28 heavy (non-hydrogen) atoms. The molecular weight excluding hydrogens is 360 g/mol. The Morgan fingerprint density at radius 1 is 1.18 bits per heavy atom. The Bertz CT molecular complexity index is 785. The Morgan fingerprint density at radius 2 is 1.93 bits per heavy atom. The van der Waals surface area contributed by atoms with Crippen LogP contribution in [0.25, 0.3) is 0 Å². The minimum atomic E-state index is -1.75. The van der Waals surface area contributed by atoms with E-state index in [0.29, 0.717) is 28.6 Å². The smallest absolute Gasteiger partial charge is 0.192 e. The molecule has 6 aliphatic carbocycles. The van der Waals surface area contributed by atoms with E-state index < -0.39 is 8.32 Å². The lowest BCUT2D eigenvalue weighted by Gasteiger charge is -2.64. The first-order valence-corrected chi connectivity index (χ1v) is 14.5. The zero-order valence-electron chi connectivity index (χ0n) is 18.7. The molecule has 0 aliphatic heterocycles. The molecule has 0 aromatic heterocycles. The summed E-state index contributed by atoms with van der Waals surface area (Å²) in [6.07, 6.45) is 13.3. The van der Waals surface area contributed by atoms with Gasteiger partial charge in [0.15, 0.2) is 14.1 Å². The molecular formula is C25H38O2Si. The molecule has 0 aromatic carbocycles. The van der Waals surface area contributed by atoms with Gasteiger partial charge in [0.2, 0.25) is 0 Å². The van der Waals surface area contributed by atoms with Gasteiger partial charge in [-0.1, -0.05) is 44.9 Å². The highest BCUT2D eigenvalue weighted by atomic mass is 28.4. The van der Waals surface area contributed by atoms with Crippen LogP contribution in [0.15, 0.2) is 23.3 Å². The minimum Gasteiger partial charge on any atom is -0.413 e. The van der Waals surface area contributed by atoms with Gasteiger partial charge in [-0.15, -0.1) is 0 Å². The summed E-state index contributed by atoms with van der Waals surface area (Å²) in [7, 11) is -1.75. The van der Waals surface area contributed by atoms with E-state index in [1.165, 1.54) is 37.7 Å². The number of hydrogen-bond donors (Lipinski definition) is 0. The van der Waals surface area contributed by atoms with Gasteiger partial charge >= 0.3 is 0 Å². The molecule has 2 unspecified atom stereocenters. The number of hydrogen-bond acceptors (Lipinski definition) is 2. The van der Waals surface area contributed by atoms with Crippen LogP contribution in [0.5, 0.6) is 0 Å². The maximum atomic E-state index is 12.0. The summed E-state index contributed by atoms with van der Waals surface area (Å²) >= 11 is 0. The average Bonchev–Trinajstić information content (AvgIpc) is 2.92. The molecule has 0 N–H and O–H groups in total. The number of rotatable bonds is 2. The second-order valence-electron chi connectivity index (χ2n) is 12.3. The van der Waals surface area contributed by atoms with E-state index in [9.17, 15) is 4.79 Å². The number of ketones is 1. The first-order valence-electron chi connectivity index (χ1n) is 11.6. The molecule has 0 radical (unpaired) electrons. The van der Waals surface area contributed by atoms with E-state index in [4.69, 9.17) is 4.43 Å². The molecule has 6 aliphatic rings. The zero-order chi connectivity index (χ0) is 20.1. The topological polar surface area (TPSA) is 26.3 Å². The summed E-state index contributed by atoms with van der Waals surface area (Å²) < 4.78 is 7.03. The van der Waals surface area contributed by atoms with Gasteiger partial charge in [0.05, 0.1) is 6.10 Å². The Kier molecular flexibility index (Phi) is 3.94. The second-order valence-corrected chi connectivity index (χ2v) is 17.1. The fraction of sp³-hybridized carbons (Fsp3) is 0.800. The maximum Gasteiger partial charge on any atom is 0.192 e. The van der Waals surface area contributed by atoms with Crippen LogP contribution in [0.1, 0.15) is 72.6 Å². The van der Waals surface area contributed by atoms with E-state index in [2.05, 4.69) is 46.9 Å². The van der Waals surface area contributed by atoms with E-state index in [-0.39, 0.29) is 5.04 Å². The SMILES string of the molecule is CC(C)(C)[Si](C)(C)O[C@H]1CCC2C3C[C@@H]4C[C@@]5(CCC(=O)C=C45)C3=CC[C@@]21C. The average molecular weight is 399 g/mol. The fourth-order valence-corrected chi connectivity index (χ4v) is 8.83.